The second-order valence-electron chi connectivity index (χ2n) is 11.5. The summed E-state index contributed by atoms with van der Waals surface area (Å²) in [5.41, 5.74) is 1.85. The van der Waals surface area contributed by atoms with Crippen LogP contribution >= 0.6 is 0 Å². The third kappa shape index (κ3) is 6.59. The Hall–Kier alpha value is -5.29. The van der Waals surface area contributed by atoms with Crippen molar-refractivity contribution in [1.29, 1.82) is 0 Å². The summed E-state index contributed by atoms with van der Waals surface area (Å²) >= 11 is 0. The zero-order valence-corrected chi connectivity index (χ0v) is 26.9. The van der Waals surface area contributed by atoms with E-state index in [-0.39, 0.29) is 24.8 Å². The van der Waals surface area contributed by atoms with Crippen molar-refractivity contribution >= 4 is 11.7 Å². The molecule has 0 aliphatic carbocycles. The summed E-state index contributed by atoms with van der Waals surface area (Å²) < 4.78 is 25.4. The van der Waals surface area contributed by atoms with Crippen LogP contribution in [0.25, 0.3) is 0 Å². The van der Waals surface area contributed by atoms with Gasteiger partial charge in [0, 0.05) is 23.7 Å². The van der Waals surface area contributed by atoms with E-state index in [0.717, 1.165) is 16.7 Å². The van der Waals surface area contributed by atoms with Gasteiger partial charge in [0.25, 0.3) is 5.91 Å². The van der Waals surface area contributed by atoms with Crippen molar-refractivity contribution in [2.45, 2.75) is 37.4 Å². The van der Waals surface area contributed by atoms with Crippen LogP contribution in [0, 0.1) is 6.92 Å². The van der Waals surface area contributed by atoms with Gasteiger partial charge in [-0.25, -0.2) is 4.79 Å². The van der Waals surface area contributed by atoms with Crippen molar-refractivity contribution in [3.63, 3.8) is 0 Å². The first-order chi connectivity index (χ1) is 23.3. The second kappa shape index (κ2) is 14.2. The highest BCUT2D eigenvalue weighted by atomic mass is 16.6. The number of rotatable bonds is 11. The fourth-order valence-electron chi connectivity index (χ4n) is 5.99. The number of aryl methyl sites for hydroxylation is 1. The molecular weight excluding hydrogens is 610 g/mol. The number of ether oxygens (including phenoxy) is 4. The molecule has 10 heteroatoms. The second-order valence-corrected chi connectivity index (χ2v) is 11.5. The highest BCUT2D eigenvalue weighted by molar-refractivity contribution is 6.04. The number of carbonyl (C=O) groups excluding carboxylic acids is 1. The molecule has 48 heavy (non-hydrogen) atoms. The lowest BCUT2D eigenvalue weighted by atomic mass is 9.80. The number of methoxy groups -OCH3 is 2. The van der Waals surface area contributed by atoms with Gasteiger partial charge in [0.15, 0.2) is 0 Å². The Morgan fingerprint density at radius 2 is 1.42 bits per heavy atom. The molecule has 5 aromatic rings. The maximum absolute atomic E-state index is 13.2. The summed E-state index contributed by atoms with van der Waals surface area (Å²) in [5.74, 6) is 1.19. The minimum atomic E-state index is -1.10. The van der Waals surface area contributed by atoms with Gasteiger partial charge in [0.1, 0.15) is 35.2 Å². The number of aromatic nitrogens is 2. The monoisotopic (exact) mass is 647 g/mol. The number of nitrogens with zero attached hydrogens (tertiary/aromatic N) is 2. The van der Waals surface area contributed by atoms with Crippen LogP contribution in [0.3, 0.4) is 0 Å². The lowest BCUT2D eigenvalue weighted by Crippen LogP contribution is -2.38. The highest BCUT2D eigenvalue weighted by Gasteiger charge is 2.42. The number of hydrogen-bond acceptors (Lipinski definition) is 8. The van der Waals surface area contributed by atoms with E-state index in [4.69, 9.17) is 18.9 Å². The number of benzene rings is 4. The number of hydrogen-bond donors (Lipinski definition) is 2. The van der Waals surface area contributed by atoms with Crippen LogP contribution < -0.4 is 20.5 Å². The van der Waals surface area contributed by atoms with E-state index in [0.29, 0.717) is 22.6 Å². The molecule has 10 nitrogen and oxygen atoms in total. The quantitative estimate of drug-likeness (QED) is 0.181. The Morgan fingerprint density at radius 3 is 1.98 bits per heavy atom. The molecule has 0 unspecified atom stereocenters. The van der Waals surface area contributed by atoms with Crippen molar-refractivity contribution < 1.29 is 28.8 Å². The molecule has 3 atom stereocenters. The number of aliphatic hydroxyl groups is 1. The number of aliphatic hydroxyl groups excluding tert-OH is 1. The summed E-state index contributed by atoms with van der Waals surface area (Å²) in [6.07, 6.45) is -0.758. The third-order valence-corrected chi connectivity index (χ3v) is 8.55. The Labute approximate surface area is 278 Å². The molecule has 2 N–H and O–H groups in total. The molecule has 246 valence electrons. The number of nitrogens with one attached hydrogen (secondary N) is 1. The average molecular weight is 648 g/mol. The van der Waals surface area contributed by atoms with Crippen molar-refractivity contribution in [1.82, 2.24) is 9.55 Å². The van der Waals surface area contributed by atoms with Crippen LogP contribution in [0.2, 0.25) is 0 Å². The maximum Gasteiger partial charge on any atom is 0.351 e. The summed E-state index contributed by atoms with van der Waals surface area (Å²) in [7, 11) is 3.23. The van der Waals surface area contributed by atoms with Gasteiger partial charge < -0.3 is 29.4 Å². The Balaban J connectivity index is 1.28. The molecule has 2 heterocycles. The fraction of sp³-hybridized carbons (Fsp3) is 0.237. The van der Waals surface area contributed by atoms with Crippen molar-refractivity contribution in [2.75, 3.05) is 26.1 Å². The summed E-state index contributed by atoms with van der Waals surface area (Å²) in [6, 6.07) is 33.9. The summed E-state index contributed by atoms with van der Waals surface area (Å²) in [6.45, 7) is 1.74. The number of amides is 1. The van der Waals surface area contributed by atoms with E-state index in [2.05, 4.69) is 10.3 Å². The predicted octanol–water partition coefficient (Wildman–Crippen LogP) is 5.48. The predicted molar refractivity (Wildman–Crippen MR) is 180 cm³/mol. The molecular formula is C38H37N3O7. The Kier molecular flexibility index (Phi) is 9.67. The summed E-state index contributed by atoms with van der Waals surface area (Å²) in [5, 5.41) is 13.9. The largest absolute Gasteiger partial charge is 0.497 e. The molecule has 1 amide bonds. The lowest BCUT2D eigenvalue weighted by Gasteiger charge is -2.37. The Morgan fingerprint density at radius 1 is 0.875 bits per heavy atom. The standard InChI is InChI=1S/C38H37N3O7/c1-25-23-41(37(44)40-35(25)39-36(43)26-10-6-4-7-11-26)34-22-32(42)33(48-34)24-47-38(27-12-8-5-9-13-27,28-14-18-30(45-2)19-15-28)29-16-20-31(46-3)21-17-29/h4-21,23,32-34,42H,22,24H2,1-3H3,(H,39,40,43,44)/t32-,33+,34+/m0/s1. The zero-order valence-electron chi connectivity index (χ0n) is 26.9. The van der Waals surface area contributed by atoms with E-state index < -0.39 is 29.7 Å². The van der Waals surface area contributed by atoms with E-state index in [9.17, 15) is 14.7 Å². The highest BCUT2D eigenvalue weighted by Crippen LogP contribution is 2.42. The van der Waals surface area contributed by atoms with Gasteiger partial charge in [-0.15, -0.1) is 0 Å². The fourth-order valence-corrected chi connectivity index (χ4v) is 5.99. The number of anilines is 1. The molecule has 0 saturated carbocycles. The number of carbonyl (C=O) groups is 1. The first kappa shape index (κ1) is 32.6. The molecule has 0 radical (unpaired) electrons. The minimum absolute atomic E-state index is 0.00298. The maximum atomic E-state index is 13.2. The average Bonchev–Trinajstić information content (AvgIpc) is 3.50. The van der Waals surface area contributed by atoms with Crippen LogP contribution in [-0.4, -0.2) is 53.6 Å². The first-order valence-electron chi connectivity index (χ1n) is 15.6. The van der Waals surface area contributed by atoms with Gasteiger partial charge in [-0.3, -0.25) is 9.36 Å². The van der Waals surface area contributed by atoms with E-state index >= 15 is 0 Å². The van der Waals surface area contributed by atoms with E-state index in [1.807, 2.05) is 84.9 Å². The van der Waals surface area contributed by atoms with Crippen LogP contribution in [0.4, 0.5) is 5.82 Å². The van der Waals surface area contributed by atoms with E-state index in [1.54, 1.807) is 51.6 Å². The molecule has 1 aliphatic rings. The van der Waals surface area contributed by atoms with Crippen molar-refractivity contribution in [2.24, 2.45) is 0 Å². The van der Waals surface area contributed by atoms with Crippen molar-refractivity contribution in [3.8, 4) is 11.5 Å². The van der Waals surface area contributed by atoms with Gasteiger partial charge in [0.2, 0.25) is 0 Å². The molecule has 0 bridgehead atoms. The smallest absolute Gasteiger partial charge is 0.351 e. The van der Waals surface area contributed by atoms with E-state index in [1.165, 1.54) is 4.57 Å². The molecule has 1 aromatic heterocycles. The first-order valence-corrected chi connectivity index (χ1v) is 15.6. The Bertz CT molecular complexity index is 1850. The zero-order chi connectivity index (χ0) is 33.7. The van der Waals surface area contributed by atoms with Gasteiger partial charge in [-0.2, -0.15) is 4.98 Å². The lowest BCUT2D eigenvalue weighted by molar-refractivity contribution is -0.0944. The SMILES string of the molecule is COc1ccc(C(OC[C@H]2O[C@@H](n3cc(C)c(NC(=O)c4ccccc4)nc3=O)C[C@@H]2O)(c2ccccc2)c2ccc(OC)cc2)cc1. The van der Waals surface area contributed by atoms with Crippen LogP contribution in [-0.2, 0) is 15.1 Å². The van der Waals surface area contributed by atoms with Crippen molar-refractivity contribution in [3.05, 3.63) is 154 Å². The van der Waals surface area contributed by atoms with Gasteiger partial charge >= 0.3 is 5.69 Å². The minimum Gasteiger partial charge on any atom is -0.497 e. The topological polar surface area (TPSA) is 121 Å². The van der Waals surface area contributed by atoms with Gasteiger partial charge in [-0.05, 0) is 60.0 Å². The van der Waals surface area contributed by atoms with Gasteiger partial charge in [0.05, 0.1) is 26.9 Å². The third-order valence-electron chi connectivity index (χ3n) is 8.55. The van der Waals surface area contributed by atoms with Crippen LogP contribution in [0.5, 0.6) is 11.5 Å². The molecule has 4 aromatic carbocycles. The van der Waals surface area contributed by atoms with Crippen LogP contribution in [0.15, 0.2) is 120 Å². The molecule has 1 saturated heterocycles. The normalized spacial score (nSPS) is 17.5. The molecule has 6 rings (SSSR count). The molecule has 0 spiro atoms. The van der Waals surface area contributed by atoms with Gasteiger partial charge in [-0.1, -0.05) is 72.8 Å². The van der Waals surface area contributed by atoms with Crippen LogP contribution in [0.1, 0.15) is 45.3 Å². The molecule has 1 fully saturated rings. The summed E-state index contributed by atoms with van der Waals surface area (Å²) in [4.78, 5) is 30.0. The molecule has 1 aliphatic heterocycles.